The molecule has 2 N–H and O–H groups in total. The number of guanidine groups is 1. The molecule has 25 heavy (non-hydrogen) atoms. The Morgan fingerprint density at radius 3 is 2.76 bits per heavy atom. The van der Waals surface area contributed by atoms with Gasteiger partial charge in [-0.3, -0.25) is 9.89 Å². The molecule has 1 aromatic heterocycles. The maximum atomic E-state index is 5.39. The van der Waals surface area contributed by atoms with Crippen molar-refractivity contribution in [1.29, 1.82) is 0 Å². The van der Waals surface area contributed by atoms with Crippen molar-refractivity contribution in [3.8, 4) is 0 Å². The fourth-order valence-corrected chi connectivity index (χ4v) is 3.30. The molecule has 1 aliphatic carbocycles. The smallest absolute Gasteiger partial charge is 0.191 e. The third-order valence-corrected chi connectivity index (χ3v) is 4.73. The zero-order valence-corrected chi connectivity index (χ0v) is 17.2. The first-order valence-corrected chi connectivity index (χ1v) is 9.27. The molecule has 0 bridgehead atoms. The molecule has 1 saturated carbocycles. The Balaban J connectivity index is 0.00000225. The summed E-state index contributed by atoms with van der Waals surface area (Å²) >= 11 is 0. The van der Waals surface area contributed by atoms with Gasteiger partial charge in [0.25, 0.3) is 0 Å². The summed E-state index contributed by atoms with van der Waals surface area (Å²) in [7, 11) is 0. The van der Waals surface area contributed by atoms with Crippen molar-refractivity contribution >= 4 is 29.9 Å². The van der Waals surface area contributed by atoms with Gasteiger partial charge in [-0.05, 0) is 25.0 Å². The maximum absolute atomic E-state index is 5.39. The van der Waals surface area contributed by atoms with Crippen LogP contribution in [0, 0.1) is 0 Å². The van der Waals surface area contributed by atoms with Crippen LogP contribution in [0.3, 0.4) is 0 Å². The standard InChI is InChI=1S/C18H30N4O2.HI/c1-2-5-16(4-1)21-18(19-8-7-17-6-3-13-24-17)20-9-10-22-11-14-23-15-12-22;/h3,6,13,16H,1-2,4-5,7-12,14-15H2,(H2,19,20,21);1H. The number of nitrogens with zero attached hydrogens (tertiary/aromatic N) is 2. The van der Waals surface area contributed by atoms with Gasteiger partial charge in [-0.25, -0.2) is 0 Å². The van der Waals surface area contributed by atoms with Crippen molar-refractivity contribution in [3.63, 3.8) is 0 Å². The Bertz CT molecular complexity index is 483. The molecule has 0 spiro atoms. The molecule has 1 aromatic rings. The van der Waals surface area contributed by atoms with Crippen molar-refractivity contribution < 1.29 is 9.15 Å². The molecule has 142 valence electrons. The first kappa shape index (κ1) is 20.5. The molecule has 7 heteroatoms. The van der Waals surface area contributed by atoms with Gasteiger partial charge in [0.05, 0.1) is 26.0 Å². The van der Waals surface area contributed by atoms with E-state index in [9.17, 15) is 0 Å². The van der Waals surface area contributed by atoms with E-state index in [0.717, 1.165) is 64.1 Å². The van der Waals surface area contributed by atoms with E-state index in [1.165, 1.54) is 25.7 Å². The fourth-order valence-electron chi connectivity index (χ4n) is 3.30. The van der Waals surface area contributed by atoms with Gasteiger partial charge in [-0.15, -0.1) is 24.0 Å². The van der Waals surface area contributed by atoms with Crippen molar-refractivity contribution in [2.75, 3.05) is 45.9 Å². The lowest BCUT2D eigenvalue weighted by Crippen LogP contribution is -2.44. The molecular formula is C18H31IN4O2. The van der Waals surface area contributed by atoms with Gasteiger partial charge < -0.3 is 19.8 Å². The van der Waals surface area contributed by atoms with Crippen molar-refractivity contribution in [3.05, 3.63) is 24.2 Å². The van der Waals surface area contributed by atoms with Crippen LogP contribution in [0.1, 0.15) is 31.4 Å². The minimum Gasteiger partial charge on any atom is -0.469 e. The number of furan rings is 1. The zero-order valence-electron chi connectivity index (χ0n) is 14.9. The monoisotopic (exact) mass is 462 g/mol. The molecule has 0 radical (unpaired) electrons. The average molecular weight is 462 g/mol. The molecule has 0 aromatic carbocycles. The van der Waals surface area contributed by atoms with Crippen LogP contribution in [0.5, 0.6) is 0 Å². The molecule has 2 aliphatic rings. The van der Waals surface area contributed by atoms with Crippen molar-refractivity contribution in [2.45, 2.75) is 38.1 Å². The van der Waals surface area contributed by atoms with Gasteiger partial charge in [-0.2, -0.15) is 0 Å². The van der Waals surface area contributed by atoms with E-state index >= 15 is 0 Å². The second-order valence-electron chi connectivity index (χ2n) is 6.57. The summed E-state index contributed by atoms with van der Waals surface area (Å²) in [5.41, 5.74) is 0. The highest BCUT2D eigenvalue weighted by molar-refractivity contribution is 14.0. The lowest BCUT2D eigenvalue weighted by Gasteiger charge is -2.26. The Hall–Kier alpha value is -0.800. The number of hydrogen-bond donors (Lipinski definition) is 2. The van der Waals surface area contributed by atoms with Gasteiger partial charge in [0, 0.05) is 38.6 Å². The number of halogens is 1. The molecule has 1 saturated heterocycles. The second kappa shape index (κ2) is 11.7. The van der Waals surface area contributed by atoms with Crippen LogP contribution in [-0.4, -0.2) is 62.8 Å². The van der Waals surface area contributed by atoms with Crippen LogP contribution in [0.2, 0.25) is 0 Å². The lowest BCUT2D eigenvalue weighted by molar-refractivity contribution is 0.0394. The number of hydrogen-bond acceptors (Lipinski definition) is 4. The van der Waals surface area contributed by atoms with Gasteiger partial charge in [-0.1, -0.05) is 12.8 Å². The van der Waals surface area contributed by atoms with Crippen LogP contribution in [-0.2, 0) is 11.2 Å². The number of morpholine rings is 1. The van der Waals surface area contributed by atoms with Crippen molar-refractivity contribution in [2.24, 2.45) is 4.99 Å². The molecule has 0 amide bonds. The number of rotatable bonds is 7. The minimum atomic E-state index is 0. The molecular weight excluding hydrogens is 431 g/mol. The number of nitrogens with one attached hydrogen (secondary N) is 2. The number of aliphatic imine (C=N–C) groups is 1. The highest BCUT2D eigenvalue weighted by atomic mass is 127. The van der Waals surface area contributed by atoms with Crippen LogP contribution >= 0.6 is 24.0 Å². The van der Waals surface area contributed by atoms with Crippen LogP contribution < -0.4 is 10.6 Å². The molecule has 2 heterocycles. The fraction of sp³-hybridized carbons (Fsp3) is 0.722. The Labute approximate surface area is 167 Å². The summed E-state index contributed by atoms with van der Waals surface area (Å²) in [6.07, 6.45) is 7.76. The van der Waals surface area contributed by atoms with Gasteiger partial charge in [0.2, 0.25) is 0 Å². The van der Waals surface area contributed by atoms with E-state index in [-0.39, 0.29) is 24.0 Å². The molecule has 1 aliphatic heterocycles. The Kier molecular flexibility index (Phi) is 9.64. The van der Waals surface area contributed by atoms with E-state index in [1.807, 2.05) is 12.1 Å². The molecule has 0 atom stereocenters. The zero-order chi connectivity index (χ0) is 16.5. The maximum Gasteiger partial charge on any atom is 0.191 e. The Morgan fingerprint density at radius 2 is 2.04 bits per heavy atom. The topological polar surface area (TPSA) is 62.0 Å². The quantitative estimate of drug-likeness (QED) is 0.370. The second-order valence-corrected chi connectivity index (χ2v) is 6.57. The summed E-state index contributed by atoms with van der Waals surface area (Å²) in [5, 5.41) is 7.06. The summed E-state index contributed by atoms with van der Waals surface area (Å²) in [5.74, 6) is 1.96. The van der Waals surface area contributed by atoms with E-state index in [4.69, 9.17) is 14.1 Å². The third-order valence-electron chi connectivity index (χ3n) is 4.73. The van der Waals surface area contributed by atoms with Gasteiger partial charge >= 0.3 is 0 Å². The van der Waals surface area contributed by atoms with Crippen LogP contribution in [0.15, 0.2) is 27.8 Å². The van der Waals surface area contributed by atoms with E-state index in [1.54, 1.807) is 6.26 Å². The molecule has 0 unspecified atom stereocenters. The van der Waals surface area contributed by atoms with Crippen LogP contribution in [0.4, 0.5) is 0 Å². The first-order chi connectivity index (χ1) is 11.9. The van der Waals surface area contributed by atoms with Gasteiger partial charge in [0.1, 0.15) is 5.76 Å². The normalized spacial score (nSPS) is 19.6. The van der Waals surface area contributed by atoms with E-state index in [2.05, 4.69) is 15.5 Å². The molecule has 6 nitrogen and oxygen atoms in total. The van der Waals surface area contributed by atoms with Crippen molar-refractivity contribution in [1.82, 2.24) is 15.5 Å². The van der Waals surface area contributed by atoms with Crippen LogP contribution in [0.25, 0.3) is 0 Å². The highest BCUT2D eigenvalue weighted by Crippen LogP contribution is 2.17. The first-order valence-electron chi connectivity index (χ1n) is 9.27. The SMILES string of the molecule is I.c1coc(CCNC(=NCCN2CCOCC2)NC2CCCC2)c1. The molecule has 2 fully saturated rings. The Morgan fingerprint density at radius 1 is 1.24 bits per heavy atom. The summed E-state index contributed by atoms with van der Waals surface area (Å²) in [4.78, 5) is 7.20. The summed E-state index contributed by atoms with van der Waals surface area (Å²) < 4.78 is 10.8. The largest absolute Gasteiger partial charge is 0.469 e. The van der Waals surface area contributed by atoms with E-state index in [0.29, 0.717) is 6.04 Å². The minimum absolute atomic E-state index is 0. The molecule has 3 rings (SSSR count). The summed E-state index contributed by atoms with van der Waals surface area (Å²) in [6.45, 7) is 6.39. The van der Waals surface area contributed by atoms with Gasteiger partial charge in [0.15, 0.2) is 5.96 Å². The average Bonchev–Trinajstić information content (AvgIpc) is 3.29. The predicted molar refractivity (Wildman–Crippen MR) is 111 cm³/mol. The highest BCUT2D eigenvalue weighted by Gasteiger charge is 2.16. The summed E-state index contributed by atoms with van der Waals surface area (Å²) in [6, 6.07) is 4.52. The van der Waals surface area contributed by atoms with E-state index < -0.39 is 0 Å². The third kappa shape index (κ3) is 7.53. The number of ether oxygens (including phenoxy) is 1. The predicted octanol–water partition coefficient (Wildman–Crippen LogP) is 2.25. The lowest BCUT2D eigenvalue weighted by atomic mass is 10.2.